The monoisotopic (exact) mass is 379 g/mol. The summed E-state index contributed by atoms with van der Waals surface area (Å²) in [5.41, 5.74) is -0.155. The summed E-state index contributed by atoms with van der Waals surface area (Å²) in [6.07, 6.45) is -0.724. The molecule has 0 unspecified atom stereocenters. The predicted molar refractivity (Wildman–Crippen MR) is 104 cm³/mol. The van der Waals surface area contributed by atoms with Gasteiger partial charge in [-0.05, 0) is 33.3 Å². The van der Waals surface area contributed by atoms with E-state index in [-0.39, 0.29) is 18.8 Å². The number of phenolic OH excluding ortho intramolecular Hbond substituents is 1. The molecule has 0 saturated heterocycles. The molecule has 0 aliphatic carbocycles. The number of nitrogens with zero attached hydrogens (tertiary/aromatic N) is 1. The highest BCUT2D eigenvalue weighted by molar-refractivity contribution is 6.35. The lowest BCUT2D eigenvalue weighted by Gasteiger charge is -2.29. The molecule has 2 aromatic carbocycles. The van der Waals surface area contributed by atoms with Crippen LogP contribution in [0.1, 0.15) is 39.7 Å². The van der Waals surface area contributed by atoms with Crippen molar-refractivity contribution in [2.45, 2.75) is 52.4 Å². The maximum Gasteiger partial charge on any atom is 0.410 e. The van der Waals surface area contributed by atoms with Gasteiger partial charge >= 0.3 is 6.09 Å². The normalized spacial score (nSPS) is 12.8. The summed E-state index contributed by atoms with van der Waals surface area (Å²) in [4.78, 5) is 13.9. The van der Waals surface area contributed by atoms with E-state index in [4.69, 9.17) is 16.3 Å². The van der Waals surface area contributed by atoms with Gasteiger partial charge in [-0.2, -0.15) is 0 Å². The Kier molecular flexibility index (Phi) is 6.37. The van der Waals surface area contributed by atoms with Crippen LogP contribution >= 0.6 is 11.6 Å². The quantitative estimate of drug-likeness (QED) is 0.789. The number of rotatable bonds is 5. The number of benzene rings is 2. The van der Waals surface area contributed by atoms with Crippen LogP contribution in [0.2, 0.25) is 5.02 Å². The number of aliphatic hydroxyl groups excluding tert-OH is 1. The van der Waals surface area contributed by atoms with E-state index >= 15 is 0 Å². The SMILES string of the molecule is CC[C@H](O)CN(Cc1cc(Cl)c2ccccc2c1O)C(=O)OC(C)(C)C. The number of ether oxygens (including phenoxy) is 1. The molecule has 0 aromatic heterocycles. The molecule has 2 N–H and O–H groups in total. The number of hydrogen-bond acceptors (Lipinski definition) is 4. The molecule has 0 aliphatic rings. The number of phenols is 1. The lowest BCUT2D eigenvalue weighted by Crippen LogP contribution is -2.40. The fourth-order valence-corrected chi connectivity index (χ4v) is 2.91. The molecule has 1 amide bonds. The number of carbonyl (C=O) groups excluding carboxylic acids is 1. The van der Waals surface area contributed by atoms with Crippen LogP contribution in [-0.4, -0.2) is 39.5 Å². The third-order valence-corrected chi connectivity index (χ3v) is 4.27. The molecule has 0 spiro atoms. The van der Waals surface area contributed by atoms with Gasteiger partial charge in [0, 0.05) is 21.4 Å². The minimum Gasteiger partial charge on any atom is -0.507 e. The fraction of sp³-hybridized carbons (Fsp3) is 0.450. The van der Waals surface area contributed by atoms with Gasteiger partial charge in [0.05, 0.1) is 19.2 Å². The largest absolute Gasteiger partial charge is 0.507 e. The first-order chi connectivity index (χ1) is 12.1. The zero-order valence-corrected chi connectivity index (χ0v) is 16.4. The third-order valence-electron chi connectivity index (χ3n) is 3.96. The minimum atomic E-state index is -0.680. The zero-order chi connectivity index (χ0) is 19.5. The molecule has 0 heterocycles. The molecule has 0 aliphatic heterocycles. The molecule has 0 saturated carbocycles. The Morgan fingerprint density at radius 1 is 1.27 bits per heavy atom. The van der Waals surface area contributed by atoms with Gasteiger partial charge in [-0.1, -0.05) is 42.8 Å². The van der Waals surface area contributed by atoms with Gasteiger partial charge in [-0.3, -0.25) is 0 Å². The topological polar surface area (TPSA) is 70.0 Å². The van der Waals surface area contributed by atoms with Crippen molar-refractivity contribution in [3.63, 3.8) is 0 Å². The first-order valence-corrected chi connectivity index (χ1v) is 9.05. The maximum absolute atomic E-state index is 12.6. The van der Waals surface area contributed by atoms with Crippen molar-refractivity contribution in [2.24, 2.45) is 0 Å². The van der Waals surface area contributed by atoms with Gasteiger partial charge in [0.15, 0.2) is 0 Å². The van der Waals surface area contributed by atoms with E-state index in [1.54, 1.807) is 32.9 Å². The lowest BCUT2D eigenvalue weighted by atomic mass is 10.0. The summed E-state index contributed by atoms with van der Waals surface area (Å²) in [6.45, 7) is 7.37. The summed E-state index contributed by atoms with van der Waals surface area (Å²) in [7, 11) is 0. The molecule has 0 radical (unpaired) electrons. The van der Waals surface area contributed by atoms with Crippen molar-refractivity contribution in [1.29, 1.82) is 0 Å². The average molecular weight is 380 g/mol. The van der Waals surface area contributed by atoms with E-state index in [9.17, 15) is 15.0 Å². The van der Waals surface area contributed by atoms with E-state index in [0.717, 1.165) is 5.39 Å². The zero-order valence-electron chi connectivity index (χ0n) is 15.6. The lowest BCUT2D eigenvalue weighted by molar-refractivity contribution is 0.0122. The summed E-state index contributed by atoms with van der Waals surface area (Å²) in [5, 5.41) is 22.5. The molecule has 0 fully saturated rings. The van der Waals surface area contributed by atoms with Crippen LogP contribution in [0.15, 0.2) is 30.3 Å². The van der Waals surface area contributed by atoms with Crippen LogP contribution in [0.5, 0.6) is 5.75 Å². The van der Waals surface area contributed by atoms with Crippen molar-refractivity contribution in [1.82, 2.24) is 4.90 Å². The third kappa shape index (κ3) is 5.02. The number of fused-ring (bicyclic) bond motifs is 1. The van der Waals surface area contributed by atoms with Crippen LogP contribution in [0, 0.1) is 0 Å². The van der Waals surface area contributed by atoms with Gasteiger partial charge in [0.25, 0.3) is 0 Å². The van der Waals surface area contributed by atoms with Crippen molar-refractivity contribution < 1.29 is 19.7 Å². The van der Waals surface area contributed by atoms with E-state index in [2.05, 4.69) is 0 Å². The first kappa shape index (κ1) is 20.3. The molecule has 2 aromatic rings. The van der Waals surface area contributed by atoms with Crippen LogP contribution < -0.4 is 0 Å². The van der Waals surface area contributed by atoms with Gasteiger partial charge in [0.1, 0.15) is 11.4 Å². The van der Waals surface area contributed by atoms with Gasteiger partial charge < -0.3 is 19.8 Å². The van der Waals surface area contributed by atoms with Crippen molar-refractivity contribution >= 4 is 28.5 Å². The molecule has 0 bridgehead atoms. The highest BCUT2D eigenvalue weighted by atomic mass is 35.5. The molecule has 5 nitrogen and oxygen atoms in total. The first-order valence-electron chi connectivity index (χ1n) is 8.67. The van der Waals surface area contributed by atoms with E-state index in [0.29, 0.717) is 22.4 Å². The number of hydrogen-bond donors (Lipinski definition) is 2. The highest BCUT2D eigenvalue weighted by Crippen LogP contribution is 2.35. The summed E-state index contributed by atoms with van der Waals surface area (Å²) < 4.78 is 5.44. The van der Waals surface area contributed by atoms with Gasteiger partial charge in [0.2, 0.25) is 0 Å². The Balaban J connectivity index is 2.37. The Labute approximate surface area is 159 Å². The summed E-state index contributed by atoms with van der Waals surface area (Å²) in [5.74, 6) is 0.0737. The van der Waals surface area contributed by atoms with E-state index in [1.165, 1.54) is 4.90 Å². The number of aliphatic hydroxyl groups is 1. The van der Waals surface area contributed by atoms with Crippen LogP contribution in [-0.2, 0) is 11.3 Å². The Bertz CT molecular complexity index is 785. The van der Waals surface area contributed by atoms with Crippen LogP contribution in [0.25, 0.3) is 10.8 Å². The number of aromatic hydroxyl groups is 1. The average Bonchev–Trinajstić information content (AvgIpc) is 2.57. The molecule has 142 valence electrons. The highest BCUT2D eigenvalue weighted by Gasteiger charge is 2.25. The Hall–Kier alpha value is -1.98. The van der Waals surface area contributed by atoms with Gasteiger partial charge in [-0.15, -0.1) is 0 Å². The summed E-state index contributed by atoms with van der Waals surface area (Å²) in [6, 6.07) is 8.91. The van der Waals surface area contributed by atoms with E-state index in [1.807, 2.05) is 25.1 Å². The second-order valence-corrected chi connectivity index (χ2v) is 7.74. The van der Waals surface area contributed by atoms with E-state index < -0.39 is 17.8 Å². The second-order valence-electron chi connectivity index (χ2n) is 7.33. The van der Waals surface area contributed by atoms with Crippen LogP contribution in [0.3, 0.4) is 0 Å². The van der Waals surface area contributed by atoms with Crippen LogP contribution in [0.4, 0.5) is 4.79 Å². The van der Waals surface area contributed by atoms with Gasteiger partial charge in [-0.25, -0.2) is 4.79 Å². The second kappa shape index (κ2) is 8.14. The Morgan fingerprint density at radius 3 is 2.46 bits per heavy atom. The minimum absolute atomic E-state index is 0.0737. The fourth-order valence-electron chi connectivity index (χ4n) is 2.61. The number of halogens is 1. The maximum atomic E-state index is 12.6. The van der Waals surface area contributed by atoms with Crippen molar-refractivity contribution in [3.05, 3.63) is 40.9 Å². The molecule has 6 heteroatoms. The smallest absolute Gasteiger partial charge is 0.410 e. The molecule has 2 rings (SSSR count). The Morgan fingerprint density at radius 2 is 1.88 bits per heavy atom. The standard InChI is InChI=1S/C20H26ClNO4/c1-5-14(23)12-22(19(25)26-20(2,3)4)11-13-10-17(21)15-8-6-7-9-16(15)18(13)24/h6-10,14,23-24H,5,11-12H2,1-4H3/t14-/m0/s1. The van der Waals surface area contributed by atoms with Crippen molar-refractivity contribution in [3.8, 4) is 5.75 Å². The predicted octanol–water partition coefficient (Wildman–Crippen LogP) is 4.71. The van der Waals surface area contributed by atoms with Crippen molar-refractivity contribution in [2.75, 3.05) is 6.54 Å². The molecule has 26 heavy (non-hydrogen) atoms. The molecular formula is C20H26ClNO4. The molecule has 1 atom stereocenters. The number of carbonyl (C=O) groups is 1. The number of amides is 1. The summed E-state index contributed by atoms with van der Waals surface area (Å²) >= 11 is 6.34. The molecular weight excluding hydrogens is 354 g/mol.